The summed E-state index contributed by atoms with van der Waals surface area (Å²) in [5.74, 6) is 0. The Morgan fingerprint density at radius 1 is 1.21 bits per heavy atom. The summed E-state index contributed by atoms with van der Waals surface area (Å²) in [4.78, 5) is 29.5. The lowest BCUT2D eigenvalue weighted by atomic mass is 10.2. The number of hydrogen-bond donors (Lipinski definition) is 1. The van der Waals surface area contributed by atoms with Crippen LogP contribution in [0.25, 0.3) is 0 Å². The Bertz CT molecular complexity index is 693. The smallest absolute Gasteiger partial charge is 0.302 e. The molecule has 0 aliphatic heterocycles. The highest BCUT2D eigenvalue weighted by atomic mass is 32.2. The Balaban J connectivity index is 3.32. The number of sulfonamides is 1. The summed E-state index contributed by atoms with van der Waals surface area (Å²) >= 11 is 0. The standard InChI is InChI=1S/C10H17N3O5S/c1-10(2,3)18-11-19(16,17)7-6-12(4)9(15)13(5)8(7)14/h6,11H,1-5H3. The largest absolute Gasteiger partial charge is 0.330 e. The predicted octanol–water partition coefficient (Wildman–Crippen LogP) is -0.908. The highest BCUT2D eigenvalue weighted by molar-refractivity contribution is 7.89. The zero-order valence-electron chi connectivity index (χ0n) is 11.4. The van der Waals surface area contributed by atoms with E-state index >= 15 is 0 Å². The molecule has 0 spiro atoms. The molecular weight excluding hydrogens is 274 g/mol. The highest BCUT2D eigenvalue weighted by Crippen LogP contribution is 2.07. The predicted molar refractivity (Wildman–Crippen MR) is 68.1 cm³/mol. The molecule has 0 unspecified atom stereocenters. The van der Waals surface area contributed by atoms with Crippen molar-refractivity contribution in [3.8, 4) is 0 Å². The molecule has 0 saturated carbocycles. The molecule has 0 aliphatic rings. The lowest BCUT2D eigenvalue weighted by Crippen LogP contribution is -2.42. The second kappa shape index (κ2) is 4.91. The molecule has 0 atom stereocenters. The maximum absolute atomic E-state index is 12.0. The molecule has 0 radical (unpaired) electrons. The first-order valence-electron chi connectivity index (χ1n) is 5.42. The number of aromatic nitrogens is 2. The Labute approximate surface area is 110 Å². The maximum Gasteiger partial charge on any atom is 0.330 e. The van der Waals surface area contributed by atoms with E-state index in [0.29, 0.717) is 4.57 Å². The van der Waals surface area contributed by atoms with Gasteiger partial charge in [0.05, 0.1) is 5.60 Å². The fourth-order valence-electron chi connectivity index (χ4n) is 1.18. The van der Waals surface area contributed by atoms with Crippen LogP contribution in [0.4, 0.5) is 0 Å². The number of hydrogen-bond acceptors (Lipinski definition) is 5. The van der Waals surface area contributed by atoms with E-state index in [-0.39, 0.29) is 0 Å². The quantitative estimate of drug-likeness (QED) is 0.727. The summed E-state index contributed by atoms with van der Waals surface area (Å²) in [5.41, 5.74) is -2.27. The minimum Gasteiger partial charge on any atom is -0.302 e. The molecule has 0 aromatic carbocycles. The second-order valence-electron chi connectivity index (χ2n) is 5.05. The van der Waals surface area contributed by atoms with Gasteiger partial charge in [-0.2, -0.15) is 0 Å². The van der Waals surface area contributed by atoms with E-state index < -0.39 is 31.8 Å². The van der Waals surface area contributed by atoms with E-state index in [1.165, 1.54) is 14.1 Å². The Morgan fingerprint density at radius 2 is 1.74 bits per heavy atom. The molecule has 1 rings (SSSR count). The molecule has 1 heterocycles. The van der Waals surface area contributed by atoms with Crippen molar-refractivity contribution < 1.29 is 13.3 Å². The third-order valence-corrected chi connectivity index (χ3v) is 3.32. The summed E-state index contributed by atoms with van der Waals surface area (Å²) in [7, 11) is -1.60. The lowest BCUT2D eigenvalue weighted by Gasteiger charge is -2.19. The first kappa shape index (κ1) is 15.6. The summed E-state index contributed by atoms with van der Waals surface area (Å²) in [5, 5.41) is 0. The van der Waals surface area contributed by atoms with E-state index in [0.717, 1.165) is 10.8 Å². The summed E-state index contributed by atoms with van der Waals surface area (Å²) in [6.45, 7) is 4.94. The number of rotatable bonds is 3. The lowest BCUT2D eigenvalue weighted by molar-refractivity contribution is -0.0358. The van der Waals surface area contributed by atoms with Crippen molar-refractivity contribution in [2.75, 3.05) is 0 Å². The zero-order chi connectivity index (χ0) is 15.0. The van der Waals surface area contributed by atoms with Gasteiger partial charge in [-0.25, -0.2) is 13.2 Å². The van der Waals surface area contributed by atoms with Crippen LogP contribution in [0, 0.1) is 0 Å². The van der Waals surface area contributed by atoms with Crippen molar-refractivity contribution in [1.29, 1.82) is 0 Å². The molecule has 9 heteroatoms. The van der Waals surface area contributed by atoms with Crippen LogP contribution in [-0.2, 0) is 29.0 Å². The van der Waals surface area contributed by atoms with Crippen molar-refractivity contribution in [3.05, 3.63) is 27.0 Å². The molecule has 0 amide bonds. The summed E-state index contributed by atoms with van der Waals surface area (Å²) in [6, 6.07) is 0. The zero-order valence-corrected chi connectivity index (χ0v) is 12.2. The Hall–Kier alpha value is -1.45. The van der Waals surface area contributed by atoms with Crippen molar-refractivity contribution >= 4 is 10.0 Å². The van der Waals surface area contributed by atoms with Gasteiger partial charge in [0.2, 0.25) is 0 Å². The topological polar surface area (TPSA) is 99.4 Å². The van der Waals surface area contributed by atoms with Crippen LogP contribution in [0.15, 0.2) is 20.7 Å². The molecule has 0 aliphatic carbocycles. The van der Waals surface area contributed by atoms with Crippen LogP contribution >= 0.6 is 0 Å². The van der Waals surface area contributed by atoms with Crippen LogP contribution in [0.2, 0.25) is 0 Å². The van der Waals surface area contributed by atoms with Crippen LogP contribution in [0.3, 0.4) is 0 Å². The highest BCUT2D eigenvalue weighted by Gasteiger charge is 2.24. The molecule has 19 heavy (non-hydrogen) atoms. The first-order chi connectivity index (χ1) is 8.46. The molecular formula is C10H17N3O5S. The van der Waals surface area contributed by atoms with Gasteiger partial charge >= 0.3 is 5.69 Å². The maximum atomic E-state index is 12.0. The number of nitrogens with one attached hydrogen (secondary N) is 1. The normalized spacial score (nSPS) is 12.7. The second-order valence-corrected chi connectivity index (χ2v) is 6.67. The summed E-state index contributed by atoms with van der Waals surface area (Å²) < 4.78 is 25.6. The van der Waals surface area contributed by atoms with E-state index in [2.05, 4.69) is 0 Å². The van der Waals surface area contributed by atoms with Crippen molar-refractivity contribution in [2.24, 2.45) is 14.1 Å². The van der Waals surface area contributed by atoms with Crippen LogP contribution in [0.5, 0.6) is 0 Å². The van der Waals surface area contributed by atoms with Gasteiger partial charge < -0.3 is 4.57 Å². The minimum atomic E-state index is -4.15. The fraction of sp³-hybridized carbons (Fsp3) is 0.600. The molecule has 1 aromatic rings. The van der Waals surface area contributed by atoms with Gasteiger partial charge in [0, 0.05) is 20.3 Å². The fourth-order valence-corrected chi connectivity index (χ4v) is 2.30. The third-order valence-electron chi connectivity index (χ3n) is 2.16. The van der Waals surface area contributed by atoms with Crippen LogP contribution < -0.4 is 16.1 Å². The average Bonchev–Trinajstić information content (AvgIpc) is 2.27. The van der Waals surface area contributed by atoms with Gasteiger partial charge in [-0.05, 0) is 20.8 Å². The van der Waals surface area contributed by atoms with Crippen LogP contribution in [-0.4, -0.2) is 23.2 Å². The Kier molecular flexibility index (Phi) is 4.03. The van der Waals surface area contributed by atoms with Crippen molar-refractivity contribution in [1.82, 2.24) is 14.0 Å². The molecule has 8 nitrogen and oxygen atoms in total. The molecule has 0 fully saturated rings. The number of nitrogens with zero attached hydrogens (tertiary/aromatic N) is 2. The molecule has 108 valence electrons. The molecule has 1 N–H and O–H groups in total. The number of aryl methyl sites for hydroxylation is 1. The van der Waals surface area contributed by atoms with E-state index in [9.17, 15) is 18.0 Å². The Morgan fingerprint density at radius 3 is 2.21 bits per heavy atom. The van der Waals surface area contributed by atoms with Gasteiger partial charge in [0.15, 0.2) is 4.90 Å². The van der Waals surface area contributed by atoms with Gasteiger partial charge in [-0.3, -0.25) is 14.2 Å². The average molecular weight is 291 g/mol. The van der Waals surface area contributed by atoms with Gasteiger partial charge in [-0.15, -0.1) is 0 Å². The van der Waals surface area contributed by atoms with Gasteiger partial charge in [0.1, 0.15) is 0 Å². The van der Waals surface area contributed by atoms with Crippen molar-refractivity contribution in [2.45, 2.75) is 31.3 Å². The van der Waals surface area contributed by atoms with Gasteiger partial charge in [0.25, 0.3) is 15.6 Å². The first-order valence-corrected chi connectivity index (χ1v) is 6.90. The third kappa shape index (κ3) is 3.52. The minimum absolute atomic E-state index is 0.554. The van der Waals surface area contributed by atoms with Crippen molar-refractivity contribution in [3.63, 3.8) is 0 Å². The van der Waals surface area contributed by atoms with Crippen LogP contribution in [0.1, 0.15) is 20.8 Å². The van der Waals surface area contributed by atoms with E-state index in [4.69, 9.17) is 4.84 Å². The molecule has 0 saturated heterocycles. The summed E-state index contributed by atoms with van der Waals surface area (Å²) in [6.07, 6.45) is 0.957. The van der Waals surface area contributed by atoms with Gasteiger partial charge in [-0.1, -0.05) is 4.89 Å². The SMILES string of the molecule is Cn1cc(S(=O)(=O)NOC(C)(C)C)c(=O)n(C)c1=O. The van der Waals surface area contributed by atoms with E-state index in [1.807, 2.05) is 4.89 Å². The molecule has 0 bridgehead atoms. The monoisotopic (exact) mass is 291 g/mol. The molecule has 1 aromatic heterocycles. The van der Waals surface area contributed by atoms with E-state index in [1.54, 1.807) is 20.8 Å².